The van der Waals surface area contributed by atoms with Crippen LogP contribution in [0.25, 0.3) is 10.8 Å². The molecule has 1 aliphatic rings. The van der Waals surface area contributed by atoms with Gasteiger partial charge in [-0.2, -0.15) is 0 Å². The summed E-state index contributed by atoms with van der Waals surface area (Å²) in [5.74, 6) is 1.79. The van der Waals surface area contributed by atoms with Crippen molar-refractivity contribution in [1.82, 2.24) is 14.5 Å². The molecular formula is C20H23N3O2S. The molecule has 1 atom stereocenters. The van der Waals surface area contributed by atoms with Crippen LogP contribution in [0.5, 0.6) is 0 Å². The topological polar surface area (TPSA) is 51.3 Å². The SMILES string of the molecule is Cc1ccc(-c2nc(CC(=O)N3CCCCC3c3cccn3C)cs2)o1. The minimum absolute atomic E-state index is 0.156. The van der Waals surface area contributed by atoms with Crippen molar-refractivity contribution < 1.29 is 9.21 Å². The molecule has 0 spiro atoms. The van der Waals surface area contributed by atoms with E-state index >= 15 is 0 Å². The summed E-state index contributed by atoms with van der Waals surface area (Å²) in [4.78, 5) is 19.6. The third kappa shape index (κ3) is 3.33. The van der Waals surface area contributed by atoms with E-state index in [0.717, 1.165) is 41.6 Å². The Hall–Kier alpha value is -2.34. The number of piperidine rings is 1. The normalized spacial score (nSPS) is 17.6. The second-order valence-corrected chi connectivity index (χ2v) is 7.73. The van der Waals surface area contributed by atoms with Crippen LogP contribution in [0.3, 0.4) is 0 Å². The molecular weight excluding hydrogens is 346 g/mol. The quantitative estimate of drug-likeness (QED) is 0.687. The van der Waals surface area contributed by atoms with E-state index in [1.807, 2.05) is 48.6 Å². The number of aromatic nitrogens is 2. The highest BCUT2D eigenvalue weighted by Crippen LogP contribution is 2.32. The second-order valence-electron chi connectivity index (χ2n) is 6.87. The average molecular weight is 369 g/mol. The summed E-state index contributed by atoms with van der Waals surface area (Å²) in [6, 6.07) is 8.19. The summed E-state index contributed by atoms with van der Waals surface area (Å²) in [6.45, 7) is 2.74. The monoisotopic (exact) mass is 369 g/mol. The lowest BCUT2D eigenvalue weighted by Gasteiger charge is -2.36. The number of hydrogen-bond acceptors (Lipinski definition) is 4. The van der Waals surface area contributed by atoms with Gasteiger partial charge in [0.25, 0.3) is 0 Å². The number of aryl methyl sites for hydroxylation is 2. The Kier molecular flexibility index (Phi) is 4.68. The van der Waals surface area contributed by atoms with E-state index in [1.54, 1.807) is 0 Å². The standard InChI is InChI=1S/C20H23N3O2S/c1-14-8-9-18(25-14)20-21-15(13-26-20)12-19(24)23-11-4-3-6-17(23)16-7-5-10-22(16)2/h5,7-10,13,17H,3-4,6,11-12H2,1-2H3. The van der Waals surface area contributed by atoms with Gasteiger partial charge in [0.15, 0.2) is 10.8 Å². The number of furan rings is 1. The molecule has 1 fully saturated rings. The van der Waals surface area contributed by atoms with Crippen molar-refractivity contribution in [2.24, 2.45) is 7.05 Å². The summed E-state index contributed by atoms with van der Waals surface area (Å²) in [5, 5.41) is 2.80. The van der Waals surface area contributed by atoms with E-state index in [9.17, 15) is 4.79 Å². The first-order valence-electron chi connectivity index (χ1n) is 9.04. The van der Waals surface area contributed by atoms with Crippen LogP contribution in [0.1, 0.15) is 42.5 Å². The molecule has 0 radical (unpaired) electrons. The maximum atomic E-state index is 13.0. The zero-order chi connectivity index (χ0) is 18.1. The van der Waals surface area contributed by atoms with Gasteiger partial charge in [0, 0.05) is 30.9 Å². The van der Waals surface area contributed by atoms with E-state index < -0.39 is 0 Å². The minimum Gasteiger partial charge on any atom is -0.459 e. The van der Waals surface area contributed by atoms with Gasteiger partial charge in [-0.15, -0.1) is 11.3 Å². The van der Waals surface area contributed by atoms with Gasteiger partial charge in [0.05, 0.1) is 18.2 Å². The number of likely N-dealkylation sites (tertiary alicyclic amines) is 1. The highest BCUT2D eigenvalue weighted by molar-refractivity contribution is 7.13. The molecule has 26 heavy (non-hydrogen) atoms. The number of hydrogen-bond donors (Lipinski definition) is 0. The maximum absolute atomic E-state index is 13.0. The maximum Gasteiger partial charge on any atom is 0.229 e. The molecule has 136 valence electrons. The number of carbonyl (C=O) groups is 1. The van der Waals surface area contributed by atoms with Gasteiger partial charge in [-0.3, -0.25) is 4.79 Å². The number of thiazole rings is 1. The molecule has 1 aliphatic heterocycles. The fourth-order valence-corrected chi connectivity index (χ4v) is 4.44. The second kappa shape index (κ2) is 7.11. The molecule has 0 aliphatic carbocycles. The van der Waals surface area contributed by atoms with Gasteiger partial charge in [-0.05, 0) is 50.5 Å². The molecule has 5 nitrogen and oxygen atoms in total. The fraction of sp³-hybridized carbons (Fsp3) is 0.400. The Labute approximate surface area is 157 Å². The molecule has 6 heteroatoms. The van der Waals surface area contributed by atoms with Crippen molar-refractivity contribution in [2.45, 2.75) is 38.6 Å². The van der Waals surface area contributed by atoms with Gasteiger partial charge in [-0.1, -0.05) is 0 Å². The average Bonchev–Trinajstić information content (AvgIpc) is 3.36. The van der Waals surface area contributed by atoms with Gasteiger partial charge in [0.2, 0.25) is 5.91 Å². The summed E-state index contributed by atoms with van der Waals surface area (Å²) >= 11 is 1.53. The number of rotatable bonds is 4. The third-order valence-corrected chi connectivity index (χ3v) is 5.89. The van der Waals surface area contributed by atoms with E-state index in [0.29, 0.717) is 6.42 Å². The van der Waals surface area contributed by atoms with Gasteiger partial charge < -0.3 is 13.9 Å². The first kappa shape index (κ1) is 17.1. The summed E-state index contributed by atoms with van der Waals surface area (Å²) < 4.78 is 7.75. The largest absolute Gasteiger partial charge is 0.459 e. The molecule has 4 heterocycles. The predicted octanol–water partition coefficient (Wildman–Crippen LogP) is 4.35. The molecule has 1 saturated heterocycles. The van der Waals surface area contributed by atoms with Crippen molar-refractivity contribution in [3.05, 3.63) is 53.0 Å². The molecule has 0 saturated carbocycles. The van der Waals surface area contributed by atoms with Crippen molar-refractivity contribution >= 4 is 17.2 Å². The van der Waals surface area contributed by atoms with Crippen molar-refractivity contribution in [3.63, 3.8) is 0 Å². The lowest BCUT2D eigenvalue weighted by Crippen LogP contribution is -2.40. The smallest absolute Gasteiger partial charge is 0.229 e. The molecule has 0 bridgehead atoms. The highest BCUT2D eigenvalue weighted by Gasteiger charge is 2.29. The van der Waals surface area contributed by atoms with Crippen LogP contribution >= 0.6 is 11.3 Å². The van der Waals surface area contributed by atoms with Gasteiger partial charge in [0.1, 0.15) is 5.76 Å². The first-order chi connectivity index (χ1) is 12.6. The molecule has 3 aromatic heterocycles. The van der Waals surface area contributed by atoms with Crippen LogP contribution in [-0.4, -0.2) is 26.9 Å². The van der Waals surface area contributed by atoms with Crippen LogP contribution in [0, 0.1) is 6.92 Å². The van der Waals surface area contributed by atoms with Crippen molar-refractivity contribution in [2.75, 3.05) is 6.54 Å². The van der Waals surface area contributed by atoms with Crippen LogP contribution in [0.15, 0.2) is 40.3 Å². The highest BCUT2D eigenvalue weighted by atomic mass is 32.1. The minimum atomic E-state index is 0.156. The summed E-state index contributed by atoms with van der Waals surface area (Å²) in [5.41, 5.74) is 2.03. The van der Waals surface area contributed by atoms with Gasteiger partial charge >= 0.3 is 0 Å². The lowest BCUT2D eigenvalue weighted by molar-refractivity contribution is -0.134. The summed E-state index contributed by atoms with van der Waals surface area (Å²) in [6.07, 6.45) is 5.65. The molecule has 0 aromatic carbocycles. The van der Waals surface area contributed by atoms with Gasteiger partial charge in [-0.25, -0.2) is 4.98 Å². The van der Waals surface area contributed by atoms with Crippen LogP contribution < -0.4 is 0 Å². The zero-order valence-corrected chi connectivity index (χ0v) is 16.0. The fourth-order valence-electron chi connectivity index (χ4n) is 3.67. The zero-order valence-electron chi connectivity index (χ0n) is 15.1. The molecule has 4 rings (SSSR count). The number of carbonyl (C=O) groups excluding carboxylic acids is 1. The first-order valence-corrected chi connectivity index (χ1v) is 9.91. The predicted molar refractivity (Wildman–Crippen MR) is 102 cm³/mol. The molecule has 0 N–H and O–H groups in total. The Morgan fingerprint density at radius 1 is 1.35 bits per heavy atom. The Morgan fingerprint density at radius 3 is 2.96 bits per heavy atom. The Morgan fingerprint density at radius 2 is 2.23 bits per heavy atom. The van der Waals surface area contributed by atoms with Crippen molar-refractivity contribution in [1.29, 1.82) is 0 Å². The van der Waals surface area contributed by atoms with E-state index in [2.05, 4.69) is 15.6 Å². The Bertz CT molecular complexity index is 908. The van der Waals surface area contributed by atoms with E-state index in [-0.39, 0.29) is 11.9 Å². The summed E-state index contributed by atoms with van der Waals surface area (Å²) in [7, 11) is 2.05. The number of amides is 1. The van der Waals surface area contributed by atoms with E-state index in [4.69, 9.17) is 4.42 Å². The van der Waals surface area contributed by atoms with Crippen molar-refractivity contribution in [3.8, 4) is 10.8 Å². The molecule has 1 unspecified atom stereocenters. The van der Waals surface area contributed by atoms with Crippen LogP contribution in [0.2, 0.25) is 0 Å². The van der Waals surface area contributed by atoms with E-state index in [1.165, 1.54) is 23.5 Å². The van der Waals surface area contributed by atoms with Crippen LogP contribution in [0.4, 0.5) is 0 Å². The molecule has 1 amide bonds. The number of nitrogens with zero attached hydrogens (tertiary/aromatic N) is 3. The van der Waals surface area contributed by atoms with Crippen LogP contribution in [-0.2, 0) is 18.3 Å². The molecule has 3 aromatic rings. The Balaban J connectivity index is 1.50. The lowest BCUT2D eigenvalue weighted by atomic mass is 9.98. The third-order valence-electron chi connectivity index (χ3n) is 4.98.